The molecule has 7 heteroatoms. The molecule has 2 amide bonds. The van der Waals surface area contributed by atoms with E-state index in [1.54, 1.807) is 4.90 Å². The fourth-order valence-corrected chi connectivity index (χ4v) is 3.60. The number of nitrogens with one attached hydrogen (secondary N) is 1. The van der Waals surface area contributed by atoms with Crippen LogP contribution in [0.5, 0.6) is 0 Å². The molecule has 1 fully saturated rings. The highest BCUT2D eigenvalue weighted by Gasteiger charge is 2.29. The van der Waals surface area contributed by atoms with Gasteiger partial charge in [0.15, 0.2) is 0 Å². The molecule has 2 atom stereocenters. The van der Waals surface area contributed by atoms with E-state index in [0.717, 1.165) is 17.5 Å². The molecule has 0 aromatic heterocycles. The summed E-state index contributed by atoms with van der Waals surface area (Å²) in [6.07, 6.45) is 0.174. The first-order valence-electron chi connectivity index (χ1n) is 9.04. The van der Waals surface area contributed by atoms with Crippen LogP contribution in [0.1, 0.15) is 34.3 Å². The largest absolute Gasteiger partial charge is 0.391 e. The Hall–Kier alpha value is -1.96. The summed E-state index contributed by atoms with van der Waals surface area (Å²) in [5, 5.41) is 13.0. The number of likely N-dealkylation sites (tertiary alicyclic amines) is 1. The molecule has 1 saturated heterocycles. The van der Waals surface area contributed by atoms with Gasteiger partial charge in [-0.1, -0.05) is 12.1 Å². The average Bonchev–Trinajstić information content (AvgIpc) is 3.22. The van der Waals surface area contributed by atoms with Crippen molar-refractivity contribution in [3.8, 4) is 0 Å². The molecule has 142 valence electrons. The van der Waals surface area contributed by atoms with Gasteiger partial charge in [0.2, 0.25) is 5.91 Å². The van der Waals surface area contributed by atoms with Gasteiger partial charge in [-0.05, 0) is 37.7 Å². The standard InChI is InChI=1S/C19H27N3O4/c1-21(2)10-15(23)8-18(24)22-7-6-14(9-22)20-19(25)16-5-3-4-13-11-26-12-17(13)16/h3-5,14-15,23H,6-12H2,1-2H3,(H,20,25)/t14-,15?/m1/s1. The number of carbonyl (C=O) groups is 2. The Morgan fingerprint density at radius 1 is 1.38 bits per heavy atom. The first-order chi connectivity index (χ1) is 12.4. The Balaban J connectivity index is 1.52. The predicted octanol–water partition coefficient (Wildman–Crippen LogP) is 0.360. The summed E-state index contributed by atoms with van der Waals surface area (Å²) in [5.74, 6) is -0.176. The van der Waals surface area contributed by atoms with Gasteiger partial charge >= 0.3 is 0 Å². The lowest BCUT2D eigenvalue weighted by molar-refractivity contribution is -0.132. The van der Waals surface area contributed by atoms with Crippen molar-refractivity contribution < 1.29 is 19.4 Å². The monoisotopic (exact) mass is 361 g/mol. The third kappa shape index (κ3) is 4.41. The number of rotatable bonds is 6. The summed E-state index contributed by atoms with van der Waals surface area (Å²) < 4.78 is 5.43. The summed E-state index contributed by atoms with van der Waals surface area (Å²) in [5.41, 5.74) is 2.68. The van der Waals surface area contributed by atoms with Gasteiger partial charge in [-0.25, -0.2) is 0 Å². The van der Waals surface area contributed by atoms with Crippen molar-refractivity contribution in [3.63, 3.8) is 0 Å². The first kappa shape index (κ1) is 18.8. The van der Waals surface area contributed by atoms with E-state index in [1.807, 2.05) is 37.2 Å². The maximum atomic E-state index is 12.6. The average molecular weight is 361 g/mol. The molecule has 0 aliphatic carbocycles. The smallest absolute Gasteiger partial charge is 0.251 e. The van der Waals surface area contributed by atoms with Crippen LogP contribution in [0.25, 0.3) is 0 Å². The van der Waals surface area contributed by atoms with Gasteiger partial charge in [0.1, 0.15) is 0 Å². The SMILES string of the molecule is CN(C)CC(O)CC(=O)N1CC[C@@H](NC(=O)c2cccc3c2COC3)C1. The lowest BCUT2D eigenvalue weighted by Crippen LogP contribution is -2.40. The van der Waals surface area contributed by atoms with E-state index in [-0.39, 0.29) is 24.3 Å². The van der Waals surface area contributed by atoms with Gasteiger partial charge in [-0.3, -0.25) is 9.59 Å². The van der Waals surface area contributed by atoms with Crippen LogP contribution in [-0.2, 0) is 22.7 Å². The molecule has 2 N–H and O–H groups in total. The van der Waals surface area contributed by atoms with Crippen molar-refractivity contribution in [3.05, 3.63) is 34.9 Å². The number of ether oxygens (including phenoxy) is 1. The summed E-state index contributed by atoms with van der Waals surface area (Å²) in [6.45, 7) is 2.58. The molecular formula is C19H27N3O4. The fourth-order valence-electron chi connectivity index (χ4n) is 3.60. The van der Waals surface area contributed by atoms with E-state index in [4.69, 9.17) is 4.74 Å². The lowest BCUT2D eigenvalue weighted by Gasteiger charge is -2.21. The third-order valence-corrected chi connectivity index (χ3v) is 4.88. The zero-order valence-corrected chi connectivity index (χ0v) is 15.4. The maximum absolute atomic E-state index is 12.6. The van der Waals surface area contributed by atoms with Crippen LogP contribution in [0.15, 0.2) is 18.2 Å². The Kier molecular flexibility index (Phi) is 5.90. The van der Waals surface area contributed by atoms with E-state index in [1.165, 1.54) is 0 Å². The zero-order chi connectivity index (χ0) is 18.7. The van der Waals surface area contributed by atoms with Crippen molar-refractivity contribution in [2.75, 3.05) is 33.7 Å². The van der Waals surface area contributed by atoms with Crippen LogP contribution in [-0.4, -0.2) is 72.6 Å². The van der Waals surface area contributed by atoms with Gasteiger partial charge in [0.05, 0.1) is 25.7 Å². The molecular weight excluding hydrogens is 334 g/mol. The van der Waals surface area contributed by atoms with Crippen LogP contribution in [0.4, 0.5) is 0 Å². The third-order valence-electron chi connectivity index (χ3n) is 4.88. The number of aliphatic hydroxyl groups excluding tert-OH is 1. The van der Waals surface area contributed by atoms with Crippen LogP contribution in [0.3, 0.4) is 0 Å². The number of hydrogen-bond donors (Lipinski definition) is 2. The maximum Gasteiger partial charge on any atom is 0.251 e. The molecule has 7 nitrogen and oxygen atoms in total. The number of fused-ring (bicyclic) bond motifs is 1. The topological polar surface area (TPSA) is 82.1 Å². The van der Waals surface area contributed by atoms with Crippen molar-refractivity contribution in [1.82, 2.24) is 15.1 Å². The number of likely N-dealkylation sites (N-methyl/N-ethyl adjacent to an activating group) is 1. The Morgan fingerprint density at radius 2 is 2.19 bits per heavy atom. The number of nitrogens with zero attached hydrogens (tertiary/aromatic N) is 2. The molecule has 2 aliphatic rings. The Morgan fingerprint density at radius 3 is 2.96 bits per heavy atom. The van der Waals surface area contributed by atoms with Gasteiger partial charge < -0.3 is 25.0 Å². The zero-order valence-electron chi connectivity index (χ0n) is 15.4. The lowest BCUT2D eigenvalue weighted by atomic mass is 10.0. The highest BCUT2D eigenvalue weighted by atomic mass is 16.5. The van der Waals surface area contributed by atoms with Crippen molar-refractivity contribution in [2.45, 2.75) is 38.2 Å². The van der Waals surface area contributed by atoms with E-state index in [9.17, 15) is 14.7 Å². The van der Waals surface area contributed by atoms with Crippen LogP contribution in [0.2, 0.25) is 0 Å². The molecule has 0 bridgehead atoms. The van der Waals surface area contributed by atoms with Crippen LogP contribution in [0, 0.1) is 0 Å². The summed E-state index contributed by atoms with van der Waals surface area (Å²) >= 11 is 0. The fraction of sp³-hybridized carbons (Fsp3) is 0.579. The number of carbonyl (C=O) groups excluding carboxylic acids is 2. The molecule has 1 aromatic rings. The first-order valence-corrected chi connectivity index (χ1v) is 9.04. The predicted molar refractivity (Wildman–Crippen MR) is 96.6 cm³/mol. The van der Waals surface area contributed by atoms with E-state index >= 15 is 0 Å². The molecule has 0 saturated carbocycles. The molecule has 2 aliphatic heterocycles. The summed E-state index contributed by atoms with van der Waals surface area (Å²) in [4.78, 5) is 28.5. The number of amides is 2. The highest BCUT2D eigenvalue weighted by Crippen LogP contribution is 2.23. The normalized spacial score (nSPS) is 20.3. The van der Waals surface area contributed by atoms with Gasteiger partial charge in [-0.15, -0.1) is 0 Å². The molecule has 1 aromatic carbocycles. The second-order valence-electron chi connectivity index (χ2n) is 7.36. The molecule has 0 spiro atoms. The Labute approximate surface area is 153 Å². The number of aliphatic hydroxyl groups is 1. The second kappa shape index (κ2) is 8.16. The molecule has 1 unspecified atom stereocenters. The quantitative estimate of drug-likeness (QED) is 0.765. The van der Waals surface area contributed by atoms with Gasteiger partial charge in [0.25, 0.3) is 5.91 Å². The van der Waals surface area contributed by atoms with Crippen LogP contribution < -0.4 is 5.32 Å². The molecule has 2 heterocycles. The van der Waals surface area contributed by atoms with Crippen molar-refractivity contribution in [1.29, 1.82) is 0 Å². The van der Waals surface area contributed by atoms with Crippen molar-refractivity contribution >= 4 is 11.8 Å². The number of hydrogen-bond acceptors (Lipinski definition) is 5. The van der Waals surface area contributed by atoms with E-state index in [0.29, 0.717) is 38.4 Å². The summed E-state index contributed by atoms with van der Waals surface area (Å²) in [6, 6.07) is 5.61. The second-order valence-corrected chi connectivity index (χ2v) is 7.36. The minimum Gasteiger partial charge on any atom is -0.391 e. The molecule has 0 radical (unpaired) electrons. The minimum absolute atomic E-state index is 0.0596. The van der Waals surface area contributed by atoms with E-state index in [2.05, 4.69) is 5.32 Å². The Bertz CT molecular complexity index is 677. The minimum atomic E-state index is -0.668. The molecule has 3 rings (SSSR count). The molecule has 26 heavy (non-hydrogen) atoms. The van der Waals surface area contributed by atoms with Crippen LogP contribution >= 0.6 is 0 Å². The van der Waals surface area contributed by atoms with E-state index < -0.39 is 6.10 Å². The highest BCUT2D eigenvalue weighted by molar-refractivity contribution is 5.96. The summed E-state index contributed by atoms with van der Waals surface area (Å²) in [7, 11) is 3.72. The van der Waals surface area contributed by atoms with Crippen molar-refractivity contribution in [2.24, 2.45) is 0 Å². The van der Waals surface area contributed by atoms with Gasteiger partial charge in [-0.2, -0.15) is 0 Å². The van der Waals surface area contributed by atoms with Gasteiger partial charge in [0, 0.05) is 31.2 Å². The number of benzene rings is 1.